The van der Waals surface area contributed by atoms with Crippen LogP contribution in [-0.4, -0.2) is 16.1 Å². The fraction of sp³-hybridized carbons (Fsp3) is 0.556. The lowest BCUT2D eigenvalue weighted by Crippen LogP contribution is -1.99. The van der Waals surface area contributed by atoms with Crippen molar-refractivity contribution in [2.24, 2.45) is 0 Å². The number of nitrogens with zero attached hydrogens (tertiary/aromatic N) is 1. The highest BCUT2D eigenvalue weighted by Crippen LogP contribution is 2.24. The zero-order valence-electron chi connectivity index (χ0n) is 8.00. The summed E-state index contributed by atoms with van der Waals surface area (Å²) in [6, 6.07) is 0. The van der Waals surface area contributed by atoms with Gasteiger partial charge in [0.1, 0.15) is 0 Å². The van der Waals surface area contributed by atoms with E-state index in [9.17, 15) is 4.79 Å². The average Bonchev–Trinajstić information content (AvgIpc) is 2.31. The number of thiazole rings is 1. The normalized spacial score (nSPS) is 10.8. The number of aromatic nitrogens is 1. The first-order valence-electron chi connectivity index (χ1n) is 4.18. The fourth-order valence-electron chi connectivity index (χ4n) is 0.999. The summed E-state index contributed by atoms with van der Waals surface area (Å²) in [4.78, 5) is 15.7. The Morgan fingerprint density at radius 2 is 2.23 bits per heavy atom. The number of hydrogen-bond acceptors (Lipinski definition) is 3. The van der Waals surface area contributed by atoms with Crippen LogP contribution in [-0.2, 0) is 11.2 Å². The predicted molar refractivity (Wildman–Crippen MR) is 52.3 cm³/mol. The summed E-state index contributed by atoms with van der Waals surface area (Å²) in [5.41, 5.74) is 0.858. The van der Waals surface area contributed by atoms with E-state index in [4.69, 9.17) is 5.11 Å². The van der Waals surface area contributed by atoms with Crippen LogP contribution in [0.5, 0.6) is 0 Å². The van der Waals surface area contributed by atoms with E-state index in [1.165, 1.54) is 11.3 Å². The van der Waals surface area contributed by atoms with Crippen LogP contribution >= 0.6 is 11.3 Å². The highest BCUT2D eigenvalue weighted by molar-refractivity contribution is 7.11. The monoisotopic (exact) mass is 199 g/mol. The van der Waals surface area contributed by atoms with Crippen molar-refractivity contribution in [1.29, 1.82) is 0 Å². The molecule has 0 fully saturated rings. The summed E-state index contributed by atoms with van der Waals surface area (Å²) in [5, 5.41) is 9.64. The van der Waals surface area contributed by atoms with Crippen molar-refractivity contribution in [3.63, 3.8) is 0 Å². The van der Waals surface area contributed by atoms with Crippen LogP contribution in [0.1, 0.15) is 35.3 Å². The summed E-state index contributed by atoms with van der Waals surface area (Å²) in [6.07, 6.45) is 0.0935. The molecule has 0 aliphatic heterocycles. The SMILES string of the molecule is Cc1nc(C(C)C)sc1CC(=O)O. The highest BCUT2D eigenvalue weighted by Gasteiger charge is 2.12. The minimum absolute atomic E-state index is 0.0935. The van der Waals surface area contributed by atoms with Crippen molar-refractivity contribution in [3.8, 4) is 0 Å². The van der Waals surface area contributed by atoms with E-state index in [1.54, 1.807) is 0 Å². The van der Waals surface area contributed by atoms with Crippen molar-refractivity contribution >= 4 is 17.3 Å². The molecule has 1 aromatic rings. The highest BCUT2D eigenvalue weighted by atomic mass is 32.1. The second kappa shape index (κ2) is 3.87. The van der Waals surface area contributed by atoms with Crippen LogP contribution < -0.4 is 0 Å². The Morgan fingerprint density at radius 3 is 2.62 bits per heavy atom. The maximum atomic E-state index is 10.5. The summed E-state index contributed by atoms with van der Waals surface area (Å²) in [7, 11) is 0. The van der Waals surface area contributed by atoms with Gasteiger partial charge in [-0.1, -0.05) is 13.8 Å². The molecule has 0 radical (unpaired) electrons. The number of rotatable bonds is 3. The molecule has 0 saturated carbocycles. The van der Waals surface area contributed by atoms with E-state index in [0.29, 0.717) is 5.92 Å². The van der Waals surface area contributed by atoms with Gasteiger partial charge in [-0.25, -0.2) is 4.98 Å². The molecule has 0 unspecified atom stereocenters. The molecule has 0 spiro atoms. The van der Waals surface area contributed by atoms with E-state index in [-0.39, 0.29) is 6.42 Å². The molecule has 0 saturated heterocycles. The Morgan fingerprint density at radius 1 is 1.62 bits per heavy atom. The van der Waals surface area contributed by atoms with Crippen molar-refractivity contribution in [3.05, 3.63) is 15.6 Å². The second-order valence-corrected chi connectivity index (χ2v) is 4.40. The number of aryl methyl sites for hydroxylation is 1. The van der Waals surface area contributed by atoms with E-state index >= 15 is 0 Å². The van der Waals surface area contributed by atoms with Crippen LogP contribution in [0, 0.1) is 6.92 Å². The maximum absolute atomic E-state index is 10.5. The van der Waals surface area contributed by atoms with Gasteiger partial charge in [-0.05, 0) is 6.92 Å². The van der Waals surface area contributed by atoms with Gasteiger partial charge in [-0.2, -0.15) is 0 Å². The third kappa shape index (κ3) is 2.52. The van der Waals surface area contributed by atoms with Crippen LogP contribution in [0.25, 0.3) is 0 Å². The van der Waals surface area contributed by atoms with Gasteiger partial charge in [0, 0.05) is 10.8 Å². The number of carboxylic acid groups (broad SMARTS) is 1. The van der Waals surface area contributed by atoms with Gasteiger partial charge < -0.3 is 5.11 Å². The van der Waals surface area contributed by atoms with Crippen molar-refractivity contribution in [2.75, 3.05) is 0 Å². The molecule has 4 heteroatoms. The van der Waals surface area contributed by atoms with Crippen LogP contribution in [0.3, 0.4) is 0 Å². The summed E-state index contributed by atoms with van der Waals surface area (Å²) < 4.78 is 0. The Labute approximate surface area is 81.4 Å². The van der Waals surface area contributed by atoms with Crippen molar-refractivity contribution in [1.82, 2.24) is 4.98 Å². The van der Waals surface area contributed by atoms with E-state index < -0.39 is 5.97 Å². The van der Waals surface area contributed by atoms with E-state index in [0.717, 1.165) is 15.6 Å². The Bertz CT molecular complexity index is 317. The molecule has 3 nitrogen and oxygen atoms in total. The molecule has 1 N–H and O–H groups in total. The maximum Gasteiger partial charge on any atom is 0.308 e. The molecule has 0 aliphatic carbocycles. The molecule has 1 rings (SSSR count). The standard InChI is InChI=1S/C9H13NO2S/c1-5(2)9-10-6(3)7(13-9)4-8(11)12/h5H,4H2,1-3H3,(H,11,12). The van der Waals surface area contributed by atoms with Crippen molar-refractivity contribution < 1.29 is 9.90 Å². The van der Waals surface area contributed by atoms with Gasteiger partial charge in [-0.15, -0.1) is 11.3 Å². The van der Waals surface area contributed by atoms with Gasteiger partial charge in [0.05, 0.1) is 17.1 Å². The minimum atomic E-state index is -0.790. The molecular formula is C9H13NO2S. The van der Waals surface area contributed by atoms with Crippen LogP contribution in [0.15, 0.2) is 0 Å². The van der Waals surface area contributed by atoms with Crippen LogP contribution in [0.2, 0.25) is 0 Å². The number of carbonyl (C=O) groups is 1. The summed E-state index contributed by atoms with van der Waals surface area (Å²) >= 11 is 1.50. The van der Waals surface area contributed by atoms with Crippen LogP contribution in [0.4, 0.5) is 0 Å². The lowest BCUT2D eigenvalue weighted by Gasteiger charge is -1.95. The Hall–Kier alpha value is -0.900. The number of aliphatic carboxylic acids is 1. The predicted octanol–water partition coefficient (Wildman–Crippen LogP) is 2.20. The molecule has 1 aromatic heterocycles. The molecule has 0 bridgehead atoms. The van der Waals surface area contributed by atoms with E-state index in [2.05, 4.69) is 18.8 Å². The van der Waals surface area contributed by atoms with Gasteiger partial charge in [-0.3, -0.25) is 4.79 Å². The molecule has 72 valence electrons. The molecule has 0 aliphatic rings. The zero-order valence-corrected chi connectivity index (χ0v) is 8.81. The van der Waals surface area contributed by atoms with Gasteiger partial charge >= 0.3 is 5.97 Å². The smallest absolute Gasteiger partial charge is 0.308 e. The zero-order chi connectivity index (χ0) is 10.0. The van der Waals surface area contributed by atoms with Crippen molar-refractivity contribution in [2.45, 2.75) is 33.1 Å². The quantitative estimate of drug-likeness (QED) is 0.811. The first-order chi connectivity index (χ1) is 6.00. The Balaban J connectivity index is 2.89. The molecule has 0 amide bonds. The third-order valence-electron chi connectivity index (χ3n) is 1.71. The van der Waals surface area contributed by atoms with Gasteiger partial charge in [0.15, 0.2) is 0 Å². The number of hydrogen-bond donors (Lipinski definition) is 1. The molecule has 0 aromatic carbocycles. The molecule has 13 heavy (non-hydrogen) atoms. The minimum Gasteiger partial charge on any atom is -0.481 e. The lowest BCUT2D eigenvalue weighted by molar-refractivity contribution is -0.136. The molecular weight excluding hydrogens is 186 g/mol. The third-order valence-corrected chi connectivity index (χ3v) is 3.17. The summed E-state index contributed by atoms with van der Waals surface area (Å²) in [5.74, 6) is -0.409. The van der Waals surface area contributed by atoms with Gasteiger partial charge in [0.25, 0.3) is 0 Å². The van der Waals surface area contributed by atoms with E-state index in [1.807, 2.05) is 6.92 Å². The lowest BCUT2D eigenvalue weighted by atomic mass is 10.2. The fourth-order valence-corrected chi connectivity index (χ4v) is 2.06. The average molecular weight is 199 g/mol. The largest absolute Gasteiger partial charge is 0.481 e. The summed E-state index contributed by atoms with van der Waals surface area (Å²) in [6.45, 7) is 5.98. The molecule has 0 atom stereocenters. The molecule has 1 heterocycles. The second-order valence-electron chi connectivity index (χ2n) is 3.29. The first-order valence-corrected chi connectivity index (χ1v) is 5.00. The Kier molecular flexibility index (Phi) is 3.03. The number of carboxylic acids is 1. The topological polar surface area (TPSA) is 50.2 Å². The first kappa shape index (κ1) is 10.2. The van der Waals surface area contributed by atoms with Gasteiger partial charge in [0.2, 0.25) is 0 Å².